The molecule has 8 heteroatoms. The van der Waals surface area contributed by atoms with Crippen LogP contribution in [0.5, 0.6) is 0 Å². The first-order chi connectivity index (χ1) is 13.1. The van der Waals surface area contributed by atoms with Gasteiger partial charge in [0.25, 0.3) is 0 Å². The maximum absolute atomic E-state index is 11.9. The van der Waals surface area contributed by atoms with E-state index in [0.29, 0.717) is 11.1 Å². The molecule has 0 aliphatic carbocycles. The van der Waals surface area contributed by atoms with Crippen molar-refractivity contribution >= 4 is 9.84 Å². The van der Waals surface area contributed by atoms with Gasteiger partial charge in [0.05, 0.1) is 11.5 Å². The van der Waals surface area contributed by atoms with E-state index in [2.05, 4.69) is 0 Å². The third-order valence-electron chi connectivity index (χ3n) is 5.15. The molecule has 5 atom stereocenters. The fourth-order valence-corrected chi connectivity index (χ4v) is 4.19. The van der Waals surface area contributed by atoms with Crippen LogP contribution in [0, 0.1) is 6.92 Å². The first-order valence-electron chi connectivity index (χ1n) is 8.85. The molecule has 0 unspecified atom stereocenters. The third-order valence-corrected chi connectivity index (χ3v) is 6.26. The van der Waals surface area contributed by atoms with Gasteiger partial charge in [-0.3, -0.25) is 0 Å². The van der Waals surface area contributed by atoms with Crippen molar-refractivity contribution in [3.8, 4) is 11.1 Å². The summed E-state index contributed by atoms with van der Waals surface area (Å²) in [6.07, 6.45) is -5.08. The van der Waals surface area contributed by atoms with E-state index in [1.165, 1.54) is 6.07 Å². The second-order valence-electron chi connectivity index (χ2n) is 7.07. The Morgan fingerprint density at radius 1 is 1.00 bits per heavy atom. The molecule has 1 aliphatic rings. The summed E-state index contributed by atoms with van der Waals surface area (Å²) in [5.74, 6) is 0. The fourth-order valence-electron chi connectivity index (χ4n) is 3.53. The Bertz CT molecular complexity index is 955. The molecule has 0 aromatic heterocycles. The first kappa shape index (κ1) is 20.9. The molecule has 7 nitrogen and oxygen atoms in total. The minimum atomic E-state index is -3.36. The van der Waals surface area contributed by atoms with Gasteiger partial charge in [0.2, 0.25) is 0 Å². The highest BCUT2D eigenvalue weighted by molar-refractivity contribution is 7.90. The molecule has 152 valence electrons. The van der Waals surface area contributed by atoms with Crippen LogP contribution in [0.3, 0.4) is 0 Å². The zero-order valence-corrected chi connectivity index (χ0v) is 16.4. The molecule has 0 amide bonds. The van der Waals surface area contributed by atoms with Crippen molar-refractivity contribution in [2.75, 3.05) is 12.9 Å². The maximum Gasteiger partial charge on any atom is 0.175 e. The zero-order valence-electron chi connectivity index (χ0n) is 15.6. The predicted octanol–water partition coefficient (Wildman–Crippen LogP) is 0.580. The summed E-state index contributed by atoms with van der Waals surface area (Å²) in [7, 11) is -3.36. The Labute approximate surface area is 163 Å². The summed E-state index contributed by atoms with van der Waals surface area (Å²) in [4.78, 5) is 0.197. The van der Waals surface area contributed by atoms with Gasteiger partial charge in [-0.05, 0) is 41.3 Å². The normalized spacial score (nSPS) is 28.3. The molecule has 0 radical (unpaired) electrons. The van der Waals surface area contributed by atoms with Crippen LogP contribution >= 0.6 is 0 Å². The smallest absolute Gasteiger partial charge is 0.175 e. The Hall–Kier alpha value is -1.81. The zero-order chi connectivity index (χ0) is 20.6. The highest BCUT2D eigenvalue weighted by Crippen LogP contribution is 2.37. The minimum absolute atomic E-state index is 0.197. The molecule has 0 saturated carbocycles. The highest BCUT2D eigenvalue weighted by atomic mass is 32.2. The molecule has 1 heterocycles. The van der Waals surface area contributed by atoms with Crippen LogP contribution in [0.4, 0.5) is 0 Å². The summed E-state index contributed by atoms with van der Waals surface area (Å²) in [5.41, 5.74) is 2.75. The van der Waals surface area contributed by atoms with Crippen LogP contribution in [-0.4, -0.2) is 66.1 Å². The van der Waals surface area contributed by atoms with Crippen molar-refractivity contribution in [1.29, 1.82) is 0 Å². The standard InChI is InChI=1S/C20H24O7S/c1-11-14(12-5-3-6-13(9-12)28(2,25)26)7-4-8-15(11)20-19(24)18(23)17(22)16(10-21)27-20/h3-9,16-24H,10H2,1-2H3/t16-,17-,18+,19+,20-/m1/s1. The van der Waals surface area contributed by atoms with E-state index >= 15 is 0 Å². The highest BCUT2D eigenvalue weighted by Gasteiger charge is 2.44. The van der Waals surface area contributed by atoms with Crippen LogP contribution in [-0.2, 0) is 14.6 Å². The van der Waals surface area contributed by atoms with Gasteiger partial charge in [-0.25, -0.2) is 8.42 Å². The van der Waals surface area contributed by atoms with Gasteiger partial charge >= 0.3 is 0 Å². The summed E-state index contributed by atoms with van der Waals surface area (Å²) < 4.78 is 29.4. The lowest BCUT2D eigenvalue weighted by Crippen LogP contribution is -2.55. The third kappa shape index (κ3) is 3.84. The van der Waals surface area contributed by atoms with E-state index in [4.69, 9.17) is 4.74 Å². The topological polar surface area (TPSA) is 124 Å². The Morgan fingerprint density at radius 2 is 1.68 bits per heavy atom. The molecule has 1 saturated heterocycles. The molecule has 2 aromatic carbocycles. The van der Waals surface area contributed by atoms with Crippen molar-refractivity contribution in [2.24, 2.45) is 0 Å². The molecule has 28 heavy (non-hydrogen) atoms. The Balaban J connectivity index is 2.05. The van der Waals surface area contributed by atoms with Crippen LogP contribution in [0.1, 0.15) is 17.2 Å². The average Bonchev–Trinajstić information content (AvgIpc) is 2.66. The molecule has 2 aromatic rings. The Kier molecular flexibility index (Phi) is 5.90. The van der Waals surface area contributed by atoms with Crippen molar-refractivity contribution < 1.29 is 33.6 Å². The van der Waals surface area contributed by atoms with Gasteiger partial charge in [-0.15, -0.1) is 0 Å². The van der Waals surface area contributed by atoms with Gasteiger partial charge in [0.1, 0.15) is 30.5 Å². The van der Waals surface area contributed by atoms with E-state index in [1.54, 1.807) is 37.3 Å². The fraction of sp³-hybridized carbons (Fsp3) is 0.400. The summed E-state index contributed by atoms with van der Waals surface area (Å²) in [6, 6.07) is 11.8. The van der Waals surface area contributed by atoms with Gasteiger partial charge in [0, 0.05) is 6.26 Å². The van der Waals surface area contributed by atoms with Crippen molar-refractivity contribution in [3.63, 3.8) is 0 Å². The summed E-state index contributed by atoms with van der Waals surface area (Å²) in [6.45, 7) is 1.30. The van der Waals surface area contributed by atoms with Crippen LogP contribution in [0.2, 0.25) is 0 Å². The first-order valence-corrected chi connectivity index (χ1v) is 10.7. The summed E-state index contributed by atoms with van der Waals surface area (Å²) in [5, 5.41) is 39.9. The maximum atomic E-state index is 11.9. The largest absolute Gasteiger partial charge is 0.394 e. The lowest BCUT2D eigenvalue weighted by Gasteiger charge is -2.40. The van der Waals surface area contributed by atoms with E-state index in [-0.39, 0.29) is 4.90 Å². The van der Waals surface area contributed by atoms with E-state index in [9.17, 15) is 28.8 Å². The molecule has 1 fully saturated rings. The molecular weight excluding hydrogens is 384 g/mol. The molecule has 4 N–H and O–H groups in total. The lowest BCUT2D eigenvalue weighted by atomic mass is 9.87. The molecule has 1 aliphatic heterocycles. The molecule has 0 bridgehead atoms. The summed E-state index contributed by atoms with van der Waals surface area (Å²) >= 11 is 0. The van der Waals surface area contributed by atoms with Crippen molar-refractivity contribution in [2.45, 2.75) is 42.3 Å². The molecule has 0 spiro atoms. The number of aliphatic hydroxyl groups excluding tert-OH is 4. The van der Waals surface area contributed by atoms with Crippen LogP contribution in [0.25, 0.3) is 11.1 Å². The van der Waals surface area contributed by atoms with Gasteiger partial charge < -0.3 is 25.2 Å². The minimum Gasteiger partial charge on any atom is -0.394 e. The second-order valence-corrected chi connectivity index (χ2v) is 9.09. The van der Waals surface area contributed by atoms with Gasteiger partial charge in [-0.2, -0.15) is 0 Å². The van der Waals surface area contributed by atoms with Crippen molar-refractivity contribution in [3.05, 3.63) is 53.6 Å². The van der Waals surface area contributed by atoms with Gasteiger partial charge in [-0.1, -0.05) is 30.3 Å². The number of sulfone groups is 1. The quantitative estimate of drug-likeness (QED) is 0.583. The van der Waals surface area contributed by atoms with Crippen LogP contribution in [0.15, 0.2) is 47.4 Å². The van der Waals surface area contributed by atoms with Crippen LogP contribution < -0.4 is 0 Å². The average molecular weight is 408 g/mol. The molecule has 3 rings (SSSR count). The number of hydrogen-bond acceptors (Lipinski definition) is 7. The van der Waals surface area contributed by atoms with E-state index in [0.717, 1.165) is 17.4 Å². The Morgan fingerprint density at radius 3 is 2.32 bits per heavy atom. The number of ether oxygens (including phenoxy) is 1. The number of rotatable bonds is 4. The van der Waals surface area contributed by atoms with E-state index < -0.39 is 47.0 Å². The predicted molar refractivity (Wildman–Crippen MR) is 102 cm³/mol. The number of hydrogen-bond donors (Lipinski definition) is 4. The lowest BCUT2D eigenvalue weighted by molar-refractivity contribution is -0.231. The number of benzene rings is 2. The van der Waals surface area contributed by atoms with E-state index in [1.807, 2.05) is 6.07 Å². The SMILES string of the molecule is Cc1c(-c2cccc(S(C)(=O)=O)c2)cccc1[C@H]1O[C@H](CO)[C@@H](O)[C@H](O)[C@@H]1O. The second kappa shape index (κ2) is 7.90. The monoisotopic (exact) mass is 408 g/mol. The molecular formula is C20H24O7S. The van der Waals surface area contributed by atoms with Gasteiger partial charge in [0.15, 0.2) is 9.84 Å². The number of aliphatic hydroxyl groups is 4. The van der Waals surface area contributed by atoms with Crippen molar-refractivity contribution in [1.82, 2.24) is 0 Å².